The van der Waals surface area contributed by atoms with Crippen LogP contribution >= 0.6 is 11.3 Å². The number of aryl methyl sites for hydroxylation is 2. The standard InChI is InChI=1S/C23H19FN2O2S/c1-12-6-11-17(28-12)18-15-4-2-3-5-16(15)26-23-19(18)20(25)22(29-23)21(27)13-7-9-14(24)10-8-13/h6-11H,2-5,25H2,1H3. The number of carbonyl (C=O) groups excluding carboxylic acids is 1. The fraction of sp³-hybridized carbons (Fsp3) is 0.217. The second-order valence-electron chi connectivity index (χ2n) is 7.39. The number of halogens is 1. The molecule has 0 aliphatic heterocycles. The Kier molecular flexibility index (Phi) is 4.24. The summed E-state index contributed by atoms with van der Waals surface area (Å²) in [4.78, 5) is 19.1. The van der Waals surface area contributed by atoms with Crippen molar-refractivity contribution in [1.29, 1.82) is 0 Å². The van der Waals surface area contributed by atoms with Gasteiger partial charge >= 0.3 is 0 Å². The minimum atomic E-state index is -0.379. The summed E-state index contributed by atoms with van der Waals surface area (Å²) in [7, 11) is 0. The number of anilines is 1. The lowest BCUT2D eigenvalue weighted by Gasteiger charge is -2.18. The molecule has 0 spiro atoms. The molecule has 3 aromatic heterocycles. The lowest BCUT2D eigenvalue weighted by molar-refractivity contribution is 0.104. The lowest BCUT2D eigenvalue weighted by Crippen LogP contribution is -2.08. The Morgan fingerprint density at radius 1 is 1.14 bits per heavy atom. The molecular weight excluding hydrogens is 387 g/mol. The summed E-state index contributed by atoms with van der Waals surface area (Å²) < 4.78 is 19.2. The average molecular weight is 406 g/mol. The van der Waals surface area contributed by atoms with Gasteiger partial charge in [0.15, 0.2) is 0 Å². The van der Waals surface area contributed by atoms with Crippen LogP contribution in [0.3, 0.4) is 0 Å². The Bertz CT molecular complexity index is 1250. The second-order valence-corrected chi connectivity index (χ2v) is 8.39. The van der Waals surface area contributed by atoms with E-state index in [0.717, 1.165) is 58.7 Å². The zero-order valence-corrected chi connectivity index (χ0v) is 16.7. The van der Waals surface area contributed by atoms with E-state index in [1.165, 1.54) is 41.2 Å². The van der Waals surface area contributed by atoms with Crippen molar-refractivity contribution in [3.05, 3.63) is 69.7 Å². The van der Waals surface area contributed by atoms with E-state index in [1.54, 1.807) is 0 Å². The highest BCUT2D eigenvalue weighted by Crippen LogP contribution is 2.44. The molecule has 0 fully saturated rings. The van der Waals surface area contributed by atoms with Crippen molar-refractivity contribution in [1.82, 2.24) is 4.98 Å². The molecule has 0 amide bonds. The van der Waals surface area contributed by atoms with Gasteiger partial charge in [0.1, 0.15) is 27.0 Å². The predicted octanol–water partition coefficient (Wildman–Crippen LogP) is 5.70. The van der Waals surface area contributed by atoms with Crippen LogP contribution < -0.4 is 5.73 Å². The van der Waals surface area contributed by atoms with E-state index in [9.17, 15) is 9.18 Å². The SMILES string of the molecule is Cc1ccc(-c2c3c(nc4sc(C(=O)c5ccc(F)cc5)c(N)c24)CCCC3)o1. The highest BCUT2D eigenvalue weighted by atomic mass is 32.1. The van der Waals surface area contributed by atoms with Gasteiger partial charge in [0.05, 0.1) is 5.69 Å². The average Bonchev–Trinajstić information content (AvgIpc) is 3.29. The highest BCUT2D eigenvalue weighted by molar-refractivity contribution is 7.21. The minimum Gasteiger partial charge on any atom is -0.461 e. The number of furan rings is 1. The molecule has 1 aliphatic rings. The Morgan fingerprint density at radius 2 is 1.90 bits per heavy atom. The summed E-state index contributed by atoms with van der Waals surface area (Å²) in [5.74, 6) is 0.991. The number of nitrogens with two attached hydrogens (primary N) is 1. The number of benzene rings is 1. The second kappa shape index (κ2) is 6.81. The minimum absolute atomic E-state index is 0.218. The van der Waals surface area contributed by atoms with Gasteiger partial charge < -0.3 is 10.2 Å². The topological polar surface area (TPSA) is 69.1 Å². The van der Waals surface area contributed by atoms with Gasteiger partial charge in [-0.1, -0.05) is 0 Å². The van der Waals surface area contributed by atoms with E-state index >= 15 is 0 Å². The number of carbonyl (C=O) groups is 1. The van der Waals surface area contributed by atoms with Gasteiger partial charge in [-0.3, -0.25) is 4.79 Å². The fourth-order valence-corrected chi connectivity index (χ4v) is 5.13. The first kappa shape index (κ1) is 18.1. The van der Waals surface area contributed by atoms with Crippen molar-refractivity contribution < 1.29 is 13.6 Å². The molecule has 0 radical (unpaired) electrons. The molecule has 0 bridgehead atoms. The number of hydrogen-bond donors (Lipinski definition) is 1. The molecule has 4 nitrogen and oxygen atoms in total. The predicted molar refractivity (Wildman–Crippen MR) is 113 cm³/mol. The molecule has 3 heterocycles. The lowest BCUT2D eigenvalue weighted by atomic mass is 9.89. The van der Waals surface area contributed by atoms with E-state index in [2.05, 4.69) is 0 Å². The summed E-state index contributed by atoms with van der Waals surface area (Å²) in [5.41, 5.74) is 10.5. The van der Waals surface area contributed by atoms with Crippen molar-refractivity contribution in [2.75, 3.05) is 5.73 Å². The smallest absolute Gasteiger partial charge is 0.205 e. The van der Waals surface area contributed by atoms with Crippen molar-refractivity contribution in [3.8, 4) is 11.3 Å². The monoisotopic (exact) mass is 406 g/mol. The van der Waals surface area contributed by atoms with Crippen LogP contribution in [0.4, 0.5) is 10.1 Å². The first-order valence-electron chi connectivity index (χ1n) is 9.63. The van der Waals surface area contributed by atoms with Crippen LogP contribution in [0.5, 0.6) is 0 Å². The molecule has 5 rings (SSSR count). The van der Waals surface area contributed by atoms with Crippen LogP contribution in [0, 0.1) is 12.7 Å². The normalized spacial score (nSPS) is 13.6. The number of hydrogen-bond acceptors (Lipinski definition) is 5. The van der Waals surface area contributed by atoms with Crippen molar-refractivity contribution in [2.45, 2.75) is 32.6 Å². The van der Waals surface area contributed by atoms with Gasteiger partial charge in [-0.2, -0.15) is 0 Å². The number of nitrogen functional groups attached to an aromatic ring is 1. The number of pyridine rings is 1. The summed E-state index contributed by atoms with van der Waals surface area (Å²) in [5, 5.41) is 0.787. The van der Waals surface area contributed by atoms with Crippen LogP contribution in [-0.2, 0) is 12.8 Å². The largest absolute Gasteiger partial charge is 0.461 e. The molecule has 6 heteroatoms. The number of ketones is 1. The van der Waals surface area contributed by atoms with Crippen LogP contribution in [0.15, 0.2) is 40.8 Å². The Balaban J connectivity index is 1.76. The maximum Gasteiger partial charge on any atom is 0.205 e. The zero-order chi connectivity index (χ0) is 20.1. The van der Waals surface area contributed by atoms with E-state index in [-0.39, 0.29) is 11.6 Å². The summed E-state index contributed by atoms with van der Waals surface area (Å²) >= 11 is 1.30. The number of aromatic nitrogens is 1. The summed E-state index contributed by atoms with van der Waals surface area (Å²) in [6.45, 7) is 1.91. The van der Waals surface area contributed by atoms with Crippen LogP contribution in [-0.4, -0.2) is 10.8 Å². The van der Waals surface area contributed by atoms with E-state index in [0.29, 0.717) is 16.1 Å². The van der Waals surface area contributed by atoms with Gasteiger partial charge in [0.25, 0.3) is 0 Å². The molecule has 146 valence electrons. The molecule has 0 atom stereocenters. The maximum absolute atomic E-state index is 13.3. The molecule has 0 saturated carbocycles. The van der Waals surface area contributed by atoms with E-state index < -0.39 is 0 Å². The summed E-state index contributed by atoms with van der Waals surface area (Å²) in [6.07, 6.45) is 4.03. The first-order valence-corrected chi connectivity index (χ1v) is 10.5. The van der Waals surface area contributed by atoms with Gasteiger partial charge in [-0.25, -0.2) is 9.37 Å². The zero-order valence-electron chi connectivity index (χ0n) is 15.9. The molecular formula is C23H19FN2O2S. The van der Waals surface area contributed by atoms with Crippen LogP contribution in [0.2, 0.25) is 0 Å². The number of rotatable bonds is 3. The van der Waals surface area contributed by atoms with Crippen LogP contribution in [0.25, 0.3) is 21.5 Å². The van der Waals surface area contributed by atoms with Gasteiger partial charge in [-0.05, 0) is 74.6 Å². The van der Waals surface area contributed by atoms with Crippen molar-refractivity contribution >= 4 is 33.0 Å². The highest BCUT2D eigenvalue weighted by Gasteiger charge is 2.27. The number of fused-ring (bicyclic) bond motifs is 2. The molecule has 0 unspecified atom stereocenters. The van der Waals surface area contributed by atoms with Crippen molar-refractivity contribution in [3.63, 3.8) is 0 Å². The molecule has 4 aromatic rings. The number of nitrogens with zero attached hydrogens (tertiary/aromatic N) is 1. The summed E-state index contributed by atoms with van der Waals surface area (Å²) in [6, 6.07) is 9.42. The Labute approximate surface area is 171 Å². The number of thiophene rings is 1. The Hall–Kier alpha value is -2.99. The molecule has 1 aliphatic carbocycles. The van der Waals surface area contributed by atoms with Gasteiger partial charge in [0.2, 0.25) is 5.78 Å². The maximum atomic E-state index is 13.3. The third-order valence-corrected chi connectivity index (χ3v) is 6.55. The molecule has 29 heavy (non-hydrogen) atoms. The third kappa shape index (κ3) is 2.95. The van der Waals surface area contributed by atoms with Crippen LogP contribution in [0.1, 0.15) is 45.1 Å². The molecule has 1 aromatic carbocycles. The van der Waals surface area contributed by atoms with Crippen molar-refractivity contribution in [2.24, 2.45) is 0 Å². The third-order valence-electron chi connectivity index (χ3n) is 5.45. The first-order chi connectivity index (χ1) is 14.0. The fourth-order valence-electron chi connectivity index (χ4n) is 4.05. The molecule has 2 N–H and O–H groups in total. The van der Waals surface area contributed by atoms with E-state index in [1.807, 2.05) is 19.1 Å². The quantitative estimate of drug-likeness (QED) is 0.443. The van der Waals surface area contributed by atoms with Gasteiger partial charge in [-0.15, -0.1) is 11.3 Å². The Morgan fingerprint density at radius 3 is 2.62 bits per heavy atom. The van der Waals surface area contributed by atoms with Gasteiger partial charge in [0, 0.05) is 22.2 Å². The van der Waals surface area contributed by atoms with E-state index in [4.69, 9.17) is 15.1 Å². The molecule has 0 saturated heterocycles.